The van der Waals surface area contributed by atoms with Crippen molar-refractivity contribution >= 4 is 5.91 Å². The molecule has 0 fully saturated rings. The third-order valence-corrected chi connectivity index (χ3v) is 2.52. The lowest BCUT2D eigenvalue weighted by atomic mass is 10.0. The summed E-state index contributed by atoms with van der Waals surface area (Å²) in [5, 5.41) is 18.8. The van der Waals surface area contributed by atoms with Crippen LogP contribution in [0.1, 0.15) is 31.1 Å². The number of hydrogen-bond acceptors (Lipinski definition) is 3. The van der Waals surface area contributed by atoms with Gasteiger partial charge in [-0.25, -0.2) is 0 Å². The number of phenolic OH excluding ortho intramolecular Hbond substituents is 2. The van der Waals surface area contributed by atoms with E-state index in [1.165, 1.54) is 18.2 Å². The Morgan fingerprint density at radius 3 is 2.17 bits per heavy atom. The van der Waals surface area contributed by atoms with E-state index in [2.05, 4.69) is 6.58 Å². The van der Waals surface area contributed by atoms with Crippen LogP contribution in [0.25, 0.3) is 0 Å². The highest BCUT2D eigenvalue weighted by atomic mass is 16.3. The number of rotatable bonds is 3. The molecular weight excluding hydrogens is 230 g/mol. The molecule has 4 heteroatoms. The summed E-state index contributed by atoms with van der Waals surface area (Å²) in [5.41, 5.74) is -0.115. The molecule has 98 valence electrons. The molecule has 0 radical (unpaired) electrons. The van der Waals surface area contributed by atoms with Crippen molar-refractivity contribution in [2.45, 2.75) is 26.3 Å². The molecular formula is C14H19NO3. The Morgan fingerprint density at radius 2 is 1.78 bits per heavy atom. The average Bonchev–Trinajstić information content (AvgIpc) is 2.22. The van der Waals surface area contributed by atoms with Crippen LogP contribution in [0.2, 0.25) is 0 Å². The minimum Gasteiger partial charge on any atom is -0.508 e. The summed E-state index contributed by atoms with van der Waals surface area (Å²) in [4.78, 5) is 14.0. The van der Waals surface area contributed by atoms with Gasteiger partial charge in [-0.15, -0.1) is 6.58 Å². The molecule has 0 aliphatic heterocycles. The van der Waals surface area contributed by atoms with Crippen molar-refractivity contribution in [3.05, 3.63) is 36.4 Å². The summed E-state index contributed by atoms with van der Waals surface area (Å²) < 4.78 is 0. The van der Waals surface area contributed by atoms with E-state index in [0.717, 1.165) is 0 Å². The van der Waals surface area contributed by atoms with Gasteiger partial charge in [-0.2, -0.15) is 0 Å². The molecule has 0 spiro atoms. The van der Waals surface area contributed by atoms with Gasteiger partial charge in [-0.3, -0.25) is 4.79 Å². The van der Waals surface area contributed by atoms with Crippen molar-refractivity contribution in [1.29, 1.82) is 0 Å². The van der Waals surface area contributed by atoms with Crippen molar-refractivity contribution in [2.24, 2.45) is 0 Å². The number of carbonyl (C=O) groups excluding carboxylic acids is 1. The van der Waals surface area contributed by atoms with Gasteiger partial charge in [0.2, 0.25) is 0 Å². The molecule has 0 atom stereocenters. The maximum atomic E-state index is 12.3. The van der Waals surface area contributed by atoms with Gasteiger partial charge >= 0.3 is 0 Å². The summed E-state index contributed by atoms with van der Waals surface area (Å²) in [6.45, 7) is 9.78. The summed E-state index contributed by atoms with van der Waals surface area (Å²) in [7, 11) is 0. The first kappa shape index (κ1) is 14.1. The van der Waals surface area contributed by atoms with Crippen molar-refractivity contribution in [3.8, 4) is 11.5 Å². The predicted molar refractivity (Wildman–Crippen MR) is 70.8 cm³/mol. The molecule has 0 aliphatic rings. The average molecular weight is 249 g/mol. The van der Waals surface area contributed by atoms with E-state index in [9.17, 15) is 15.0 Å². The fourth-order valence-electron chi connectivity index (χ4n) is 1.66. The van der Waals surface area contributed by atoms with Gasteiger partial charge < -0.3 is 15.1 Å². The van der Waals surface area contributed by atoms with Gasteiger partial charge in [-0.05, 0) is 32.9 Å². The van der Waals surface area contributed by atoms with Crippen LogP contribution in [0.4, 0.5) is 0 Å². The molecule has 0 unspecified atom stereocenters. The Balaban J connectivity index is 3.13. The van der Waals surface area contributed by atoms with E-state index in [0.29, 0.717) is 6.54 Å². The Morgan fingerprint density at radius 1 is 1.28 bits per heavy atom. The summed E-state index contributed by atoms with van der Waals surface area (Å²) in [5.74, 6) is -0.523. The van der Waals surface area contributed by atoms with E-state index < -0.39 is 0 Å². The lowest BCUT2D eigenvalue weighted by molar-refractivity contribution is 0.0615. The van der Waals surface area contributed by atoms with Crippen molar-refractivity contribution in [2.75, 3.05) is 6.54 Å². The minimum absolute atomic E-state index is 0.134. The Bertz CT molecular complexity index is 440. The second-order valence-corrected chi connectivity index (χ2v) is 5.11. The number of hydrogen-bond donors (Lipinski definition) is 2. The summed E-state index contributed by atoms with van der Waals surface area (Å²) in [6.07, 6.45) is 1.64. The molecule has 4 nitrogen and oxygen atoms in total. The number of phenols is 2. The first-order chi connectivity index (χ1) is 8.25. The normalized spacial score (nSPS) is 11.1. The highest BCUT2D eigenvalue weighted by Gasteiger charge is 2.26. The van der Waals surface area contributed by atoms with E-state index in [4.69, 9.17) is 0 Å². The second-order valence-electron chi connectivity index (χ2n) is 5.11. The number of nitrogens with zero attached hydrogens (tertiary/aromatic N) is 1. The van der Waals surface area contributed by atoms with E-state index in [-0.39, 0.29) is 28.5 Å². The lowest BCUT2D eigenvalue weighted by Crippen LogP contribution is -2.45. The van der Waals surface area contributed by atoms with Crippen LogP contribution in [-0.4, -0.2) is 33.1 Å². The molecule has 0 heterocycles. The molecule has 1 rings (SSSR count). The maximum absolute atomic E-state index is 12.3. The largest absolute Gasteiger partial charge is 0.508 e. The van der Waals surface area contributed by atoms with Gasteiger partial charge in [0.1, 0.15) is 11.5 Å². The van der Waals surface area contributed by atoms with E-state index >= 15 is 0 Å². The van der Waals surface area contributed by atoms with Gasteiger partial charge in [0.25, 0.3) is 5.91 Å². The number of aromatic hydroxyl groups is 2. The molecule has 0 saturated carbocycles. The summed E-state index contributed by atoms with van der Waals surface area (Å²) >= 11 is 0. The third-order valence-electron chi connectivity index (χ3n) is 2.52. The fraction of sp³-hybridized carbons (Fsp3) is 0.357. The zero-order chi connectivity index (χ0) is 13.9. The van der Waals surface area contributed by atoms with Crippen LogP contribution in [-0.2, 0) is 0 Å². The van der Waals surface area contributed by atoms with E-state index in [1.807, 2.05) is 20.8 Å². The van der Waals surface area contributed by atoms with Gasteiger partial charge in [0.05, 0.1) is 0 Å². The number of carbonyl (C=O) groups is 1. The second kappa shape index (κ2) is 5.12. The highest BCUT2D eigenvalue weighted by Crippen LogP contribution is 2.24. The zero-order valence-electron chi connectivity index (χ0n) is 11.0. The summed E-state index contributed by atoms with van der Waals surface area (Å²) in [6, 6.07) is 3.86. The zero-order valence-corrected chi connectivity index (χ0v) is 11.0. The third kappa shape index (κ3) is 3.26. The van der Waals surface area contributed by atoms with Gasteiger partial charge in [0.15, 0.2) is 0 Å². The quantitative estimate of drug-likeness (QED) is 0.809. The molecule has 0 aliphatic carbocycles. The monoisotopic (exact) mass is 249 g/mol. The lowest BCUT2D eigenvalue weighted by Gasteiger charge is -2.35. The van der Waals surface area contributed by atoms with Crippen LogP contribution in [0.3, 0.4) is 0 Å². The first-order valence-corrected chi connectivity index (χ1v) is 5.71. The minimum atomic E-state index is -0.369. The topological polar surface area (TPSA) is 60.8 Å². The molecule has 1 aromatic carbocycles. The number of benzene rings is 1. The SMILES string of the molecule is C=CCN(C(=O)c1cc(O)cc(O)c1)C(C)(C)C. The van der Waals surface area contributed by atoms with E-state index in [1.54, 1.807) is 11.0 Å². The Labute approximate surface area is 107 Å². The molecule has 18 heavy (non-hydrogen) atoms. The van der Waals surface area contributed by atoms with Crippen molar-refractivity contribution < 1.29 is 15.0 Å². The van der Waals surface area contributed by atoms with Crippen LogP contribution in [0.5, 0.6) is 11.5 Å². The fourth-order valence-corrected chi connectivity index (χ4v) is 1.66. The van der Waals surface area contributed by atoms with Crippen LogP contribution >= 0.6 is 0 Å². The number of amides is 1. The predicted octanol–water partition coefficient (Wildman–Crippen LogP) is 2.52. The molecule has 0 bridgehead atoms. The molecule has 1 amide bonds. The smallest absolute Gasteiger partial charge is 0.254 e. The molecule has 0 aromatic heterocycles. The Hall–Kier alpha value is -1.97. The standard InChI is InChI=1S/C14H19NO3/c1-5-6-15(14(2,3)4)13(18)10-7-11(16)9-12(17)8-10/h5,7-9,16-17H,1,6H2,2-4H3. The molecule has 2 N–H and O–H groups in total. The first-order valence-electron chi connectivity index (χ1n) is 5.71. The van der Waals surface area contributed by atoms with Gasteiger partial charge in [0, 0.05) is 23.7 Å². The highest BCUT2D eigenvalue weighted by molar-refractivity contribution is 5.95. The molecule has 0 saturated heterocycles. The molecule has 1 aromatic rings. The van der Waals surface area contributed by atoms with Crippen LogP contribution in [0, 0.1) is 0 Å². The van der Waals surface area contributed by atoms with Crippen LogP contribution in [0.15, 0.2) is 30.9 Å². The van der Waals surface area contributed by atoms with Gasteiger partial charge in [-0.1, -0.05) is 6.08 Å². The van der Waals surface area contributed by atoms with Crippen LogP contribution < -0.4 is 0 Å². The van der Waals surface area contributed by atoms with Crippen molar-refractivity contribution in [3.63, 3.8) is 0 Å². The Kier molecular flexibility index (Phi) is 4.01. The maximum Gasteiger partial charge on any atom is 0.254 e. The van der Waals surface area contributed by atoms with Crippen molar-refractivity contribution in [1.82, 2.24) is 4.90 Å².